The van der Waals surface area contributed by atoms with Crippen LogP contribution in [0.25, 0.3) is 0 Å². The molecule has 1 aromatic carbocycles. The van der Waals surface area contributed by atoms with Crippen LogP contribution in [0.2, 0.25) is 0 Å². The zero-order chi connectivity index (χ0) is 16.6. The summed E-state index contributed by atoms with van der Waals surface area (Å²) in [5.41, 5.74) is -0.540. The third-order valence-corrected chi connectivity index (χ3v) is 6.04. The zero-order valence-corrected chi connectivity index (χ0v) is 15.2. The van der Waals surface area contributed by atoms with Crippen molar-refractivity contribution in [2.75, 3.05) is 7.05 Å². The number of amides is 1. The first-order valence-electron chi connectivity index (χ1n) is 6.13. The van der Waals surface area contributed by atoms with Gasteiger partial charge in [0.25, 0.3) is 15.0 Å². The highest BCUT2D eigenvalue weighted by atomic mass is 79.9. The maximum Gasteiger partial charge on any atom is 0.262 e. The Balaban J connectivity index is 3.45. The van der Waals surface area contributed by atoms with Gasteiger partial charge < -0.3 is 4.90 Å². The largest absolute Gasteiger partial charge is 0.337 e. The van der Waals surface area contributed by atoms with Crippen molar-refractivity contribution in [3.05, 3.63) is 28.0 Å². The second kappa shape index (κ2) is 6.22. The average Bonchev–Trinajstić information content (AvgIpc) is 2.38. The van der Waals surface area contributed by atoms with E-state index in [1.54, 1.807) is 7.05 Å². The number of hydrogen-bond donors (Lipinski definition) is 0. The van der Waals surface area contributed by atoms with E-state index in [1.807, 2.05) is 20.8 Å². The van der Waals surface area contributed by atoms with Crippen LogP contribution in [0.3, 0.4) is 0 Å². The van der Waals surface area contributed by atoms with Gasteiger partial charge in [-0.05, 0) is 48.3 Å². The van der Waals surface area contributed by atoms with Gasteiger partial charge in [-0.3, -0.25) is 4.79 Å². The van der Waals surface area contributed by atoms with Crippen LogP contribution in [0.15, 0.2) is 21.5 Å². The molecule has 0 radical (unpaired) electrons. The lowest BCUT2D eigenvalue weighted by Crippen LogP contribution is -2.44. The Bertz CT molecular complexity index is 676. The van der Waals surface area contributed by atoms with Crippen LogP contribution in [0, 0.1) is 5.82 Å². The molecule has 0 fully saturated rings. The van der Waals surface area contributed by atoms with Gasteiger partial charge in [0.1, 0.15) is 10.7 Å². The van der Waals surface area contributed by atoms with Crippen molar-refractivity contribution >= 4 is 41.6 Å². The Labute approximate surface area is 136 Å². The molecular formula is C13H16BrClFNO3S. The van der Waals surface area contributed by atoms with Crippen molar-refractivity contribution in [2.24, 2.45) is 0 Å². The van der Waals surface area contributed by atoms with Crippen LogP contribution >= 0.6 is 26.6 Å². The van der Waals surface area contributed by atoms with Crippen LogP contribution in [0.5, 0.6) is 0 Å². The molecule has 118 valence electrons. The molecule has 0 bridgehead atoms. The molecule has 0 aromatic heterocycles. The van der Waals surface area contributed by atoms with Gasteiger partial charge in [-0.15, -0.1) is 0 Å². The van der Waals surface area contributed by atoms with Gasteiger partial charge in [-0.2, -0.15) is 0 Å². The predicted octanol–water partition coefficient (Wildman–Crippen LogP) is 3.78. The van der Waals surface area contributed by atoms with Crippen molar-refractivity contribution in [1.82, 2.24) is 4.90 Å². The van der Waals surface area contributed by atoms with E-state index >= 15 is 0 Å². The molecule has 4 nitrogen and oxygen atoms in total. The molecule has 0 aliphatic carbocycles. The van der Waals surface area contributed by atoms with Gasteiger partial charge in [-0.25, -0.2) is 12.8 Å². The van der Waals surface area contributed by atoms with Crippen molar-refractivity contribution < 1.29 is 17.6 Å². The second-order valence-corrected chi connectivity index (χ2v) is 8.56. The standard InChI is InChI=1S/C13H16BrClFNO3S/c1-5-13(2,3)17(4)12(18)9-6-8(16)7-10(11(9)14)21(15,19)20/h6-7H,5H2,1-4H3. The summed E-state index contributed by atoms with van der Waals surface area (Å²) < 4.78 is 36.5. The molecular weight excluding hydrogens is 385 g/mol. The van der Waals surface area contributed by atoms with Gasteiger partial charge in [0.05, 0.1) is 10.0 Å². The molecule has 21 heavy (non-hydrogen) atoms. The minimum absolute atomic E-state index is 0.0392. The topological polar surface area (TPSA) is 54.5 Å². The molecule has 8 heteroatoms. The minimum atomic E-state index is -4.16. The average molecular weight is 401 g/mol. The van der Waals surface area contributed by atoms with Crippen LogP contribution in [-0.4, -0.2) is 31.8 Å². The molecule has 1 rings (SSSR count). The molecule has 0 unspecified atom stereocenters. The number of carbonyl (C=O) groups is 1. The quantitative estimate of drug-likeness (QED) is 0.723. The van der Waals surface area contributed by atoms with Crippen molar-refractivity contribution in [3.63, 3.8) is 0 Å². The molecule has 0 atom stereocenters. The summed E-state index contributed by atoms with van der Waals surface area (Å²) in [5.74, 6) is -1.33. The SMILES string of the molecule is CCC(C)(C)N(C)C(=O)c1cc(F)cc(S(=O)(=O)Cl)c1Br. The Hall–Kier alpha value is -0.660. The summed E-state index contributed by atoms with van der Waals surface area (Å²) in [5, 5.41) is 0. The number of carbonyl (C=O) groups excluding carboxylic acids is 1. The lowest BCUT2D eigenvalue weighted by molar-refractivity contribution is 0.0618. The van der Waals surface area contributed by atoms with E-state index in [2.05, 4.69) is 15.9 Å². The van der Waals surface area contributed by atoms with Crippen LogP contribution < -0.4 is 0 Å². The van der Waals surface area contributed by atoms with Gasteiger partial charge in [-0.1, -0.05) is 6.92 Å². The number of benzene rings is 1. The van der Waals surface area contributed by atoms with E-state index in [0.717, 1.165) is 12.1 Å². The summed E-state index contributed by atoms with van der Waals surface area (Å²) in [6, 6.07) is 1.76. The Morgan fingerprint density at radius 3 is 2.38 bits per heavy atom. The number of rotatable bonds is 4. The van der Waals surface area contributed by atoms with E-state index in [9.17, 15) is 17.6 Å². The number of hydrogen-bond acceptors (Lipinski definition) is 3. The highest BCUT2D eigenvalue weighted by Gasteiger charge is 2.30. The summed E-state index contributed by atoms with van der Waals surface area (Å²) in [6.07, 6.45) is 0.683. The molecule has 0 N–H and O–H groups in total. The molecule has 0 saturated heterocycles. The second-order valence-electron chi connectivity index (χ2n) is 5.23. The van der Waals surface area contributed by atoms with E-state index in [0.29, 0.717) is 6.42 Å². The fourth-order valence-electron chi connectivity index (χ4n) is 1.59. The summed E-state index contributed by atoms with van der Waals surface area (Å²) in [7, 11) is 2.68. The summed E-state index contributed by atoms with van der Waals surface area (Å²) in [6.45, 7) is 5.63. The van der Waals surface area contributed by atoms with Crippen LogP contribution in [0.1, 0.15) is 37.6 Å². The third kappa shape index (κ3) is 3.96. The number of halogens is 3. The van der Waals surface area contributed by atoms with Gasteiger partial charge in [0.2, 0.25) is 0 Å². The van der Waals surface area contributed by atoms with Gasteiger partial charge in [0.15, 0.2) is 0 Å². The van der Waals surface area contributed by atoms with E-state index in [-0.39, 0.29) is 10.0 Å². The summed E-state index contributed by atoms with van der Waals surface area (Å²) in [4.78, 5) is 13.5. The third-order valence-electron chi connectivity index (χ3n) is 3.57. The molecule has 1 aromatic rings. The maximum absolute atomic E-state index is 13.6. The first kappa shape index (κ1) is 18.4. The van der Waals surface area contributed by atoms with Gasteiger partial charge >= 0.3 is 0 Å². The van der Waals surface area contributed by atoms with Crippen molar-refractivity contribution in [2.45, 2.75) is 37.6 Å². The van der Waals surface area contributed by atoms with E-state index in [1.165, 1.54) is 4.90 Å². The van der Waals surface area contributed by atoms with Crippen molar-refractivity contribution in [1.29, 1.82) is 0 Å². The normalized spacial score (nSPS) is 12.3. The molecule has 0 saturated carbocycles. The highest BCUT2D eigenvalue weighted by Crippen LogP contribution is 2.31. The maximum atomic E-state index is 13.6. The Morgan fingerprint density at radius 2 is 1.95 bits per heavy atom. The predicted molar refractivity (Wildman–Crippen MR) is 83.6 cm³/mol. The van der Waals surface area contributed by atoms with Crippen LogP contribution in [-0.2, 0) is 9.05 Å². The Morgan fingerprint density at radius 1 is 1.43 bits per heavy atom. The lowest BCUT2D eigenvalue weighted by atomic mass is 9.99. The minimum Gasteiger partial charge on any atom is -0.337 e. The molecule has 1 amide bonds. The fraction of sp³-hybridized carbons (Fsp3) is 0.462. The van der Waals surface area contributed by atoms with Gasteiger partial charge in [0, 0.05) is 23.3 Å². The first-order chi connectivity index (χ1) is 9.41. The highest BCUT2D eigenvalue weighted by molar-refractivity contribution is 9.10. The molecule has 0 heterocycles. The molecule has 0 aliphatic rings. The van der Waals surface area contributed by atoms with E-state index < -0.39 is 31.2 Å². The lowest BCUT2D eigenvalue weighted by Gasteiger charge is -2.35. The summed E-state index contributed by atoms with van der Waals surface area (Å²) >= 11 is 3.03. The van der Waals surface area contributed by atoms with Crippen molar-refractivity contribution in [3.8, 4) is 0 Å². The molecule has 0 aliphatic heterocycles. The van der Waals surface area contributed by atoms with E-state index in [4.69, 9.17) is 10.7 Å². The monoisotopic (exact) mass is 399 g/mol. The Kier molecular flexibility index (Phi) is 5.45. The molecule has 0 spiro atoms. The van der Waals surface area contributed by atoms with Crippen LogP contribution in [0.4, 0.5) is 4.39 Å². The smallest absolute Gasteiger partial charge is 0.262 e. The number of nitrogens with zero attached hydrogens (tertiary/aromatic N) is 1. The zero-order valence-electron chi connectivity index (χ0n) is 12.1. The first-order valence-corrected chi connectivity index (χ1v) is 9.24. The fourth-order valence-corrected chi connectivity index (χ4v) is 3.85.